The Bertz CT molecular complexity index is 1070. The van der Waals surface area contributed by atoms with Gasteiger partial charge in [-0.15, -0.1) is 0 Å². The third kappa shape index (κ3) is 4.43. The second-order valence-electron chi connectivity index (χ2n) is 7.03. The number of nitrogens with zero attached hydrogens (tertiary/aromatic N) is 2. The van der Waals surface area contributed by atoms with Crippen molar-refractivity contribution in [2.45, 2.75) is 12.5 Å². The highest BCUT2D eigenvalue weighted by molar-refractivity contribution is 5.94. The summed E-state index contributed by atoms with van der Waals surface area (Å²) in [5, 5.41) is 7.73. The molecule has 0 aliphatic carbocycles. The molecule has 0 radical (unpaired) electrons. The Balaban J connectivity index is 1.59. The molecule has 0 fully saturated rings. The predicted octanol–water partition coefficient (Wildman–Crippen LogP) is 4.80. The summed E-state index contributed by atoms with van der Waals surface area (Å²) in [6.07, 6.45) is 0.722. The number of carbonyl (C=O) groups excluding carboxylic acids is 1. The number of amides is 1. The standard InChI is InChI=1S/C25H23N3O/c1-28-24(18-23(27-28)21-15-9-4-10-16-21)25(29)26-22(20-13-7-3-8-14-20)17-19-11-5-2-6-12-19/h2-16,18,22H,17H2,1H3,(H,26,29). The van der Waals surface area contributed by atoms with E-state index < -0.39 is 0 Å². The molecule has 1 heterocycles. The molecule has 144 valence electrons. The maximum absolute atomic E-state index is 13.1. The van der Waals surface area contributed by atoms with Crippen LogP contribution in [0.25, 0.3) is 11.3 Å². The lowest BCUT2D eigenvalue weighted by atomic mass is 9.98. The van der Waals surface area contributed by atoms with Crippen LogP contribution in [-0.4, -0.2) is 15.7 Å². The van der Waals surface area contributed by atoms with E-state index in [1.807, 2.05) is 84.9 Å². The van der Waals surface area contributed by atoms with Crippen LogP contribution in [-0.2, 0) is 13.5 Å². The smallest absolute Gasteiger partial charge is 0.270 e. The molecule has 0 bridgehead atoms. The highest BCUT2D eigenvalue weighted by atomic mass is 16.2. The summed E-state index contributed by atoms with van der Waals surface area (Å²) in [6, 6.07) is 31.9. The summed E-state index contributed by atoms with van der Waals surface area (Å²) < 4.78 is 1.64. The largest absolute Gasteiger partial charge is 0.344 e. The van der Waals surface area contributed by atoms with Crippen molar-refractivity contribution in [2.24, 2.45) is 7.05 Å². The summed E-state index contributed by atoms with van der Waals surface area (Å²) in [4.78, 5) is 13.1. The van der Waals surface area contributed by atoms with Crippen molar-refractivity contribution in [1.82, 2.24) is 15.1 Å². The van der Waals surface area contributed by atoms with Crippen LogP contribution in [0.15, 0.2) is 97.1 Å². The van der Waals surface area contributed by atoms with Crippen molar-refractivity contribution >= 4 is 5.91 Å². The third-order valence-electron chi connectivity index (χ3n) is 4.97. The highest BCUT2D eigenvalue weighted by Crippen LogP contribution is 2.21. The lowest BCUT2D eigenvalue weighted by Gasteiger charge is -2.19. The minimum absolute atomic E-state index is 0.124. The minimum Gasteiger partial charge on any atom is -0.344 e. The van der Waals surface area contributed by atoms with Crippen molar-refractivity contribution in [3.8, 4) is 11.3 Å². The van der Waals surface area contributed by atoms with Gasteiger partial charge in [-0.05, 0) is 23.6 Å². The molecule has 1 N–H and O–H groups in total. The lowest BCUT2D eigenvalue weighted by Crippen LogP contribution is -2.31. The number of benzene rings is 3. The first kappa shape index (κ1) is 18.7. The van der Waals surface area contributed by atoms with E-state index >= 15 is 0 Å². The highest BCUT2D eigenvalue weighted by Gasteiger charge is 2.20. The molecule has 0 saturated heterocycles. The second-order valence-corrected chi connectivity index (χ2v) is 7.03. The number of nitrogens with one attached hydrogen (secondary N) is 1. The molecule has 0 aliphatic rings. The lowest BCUT2D eigenvalue weighted by molar-refractivity contribution is 0.0927. The van der Waals surface area contributed by atoms with Crippen LogP contribution < -0.4 is 5.32 Å². The number of hydrogen-bond acceptors (Lipinski definition) is 2. The fraction of sp³-hybridized carbons (Fsp3) is 0.120. The third-order valence-corrected chi connectivity index (χ3v) is 4.97. The van der Waals surface area contributed by atoms with Gasteiger partial charge in [0.2, 0.25) is 0 Å². The van der Waals surface area contributed by atoms with Gasteiger partial charge in [0, 0.05) is 12.6 Å². The number of aryl methyl sites for hydroxylation is 1. The van der Waals surface area contributed by atoms with Gasteiger partial charge in [0.15, 0.2) is 0 Å². The van der Waals surface area contributed by atoms with Crippen molar-refractivity contribution in [3.05, 3.63) is 114 Å². The zero-order valence-corrected chi connectivity index (χ0v) is 16.3. The quantitative estimate of drug-likeness (QED) is 0.521. The summed E-state index contributed by atoms with van der Waals surface area (Å²) in [5.74, 6) is -0.132. The molecular formula is C25H23N3O. The molecule has 3 aromatic carbocycles. The molecule has 4 nitrogen and oxygen atoms in total. The van der Waals surface area contributed by atoms with Crippen LogP contribution >= 0.6 is 0 Å². The van der Waals surface area contributed by atoms with Gasteiger partial charge in [-0.25, -0.2) is 0 Å². The van der Waals surface area contributed by atoms with E-state index in [1.165, 1.54) is 5.56 Å². The average molecular weight is 381 g/mol. The zero-order chi connectivity index (χ0) is 20.1. The van der Waals surface area contributed by atoms with E-state index in [-0.39, 0.29) is 11.9 Å². The molecule has 1 amide bonds. The Morgan fingerprint density at radius 2 is 1.48 bits per heavy atom. The number of hydrogen-bond donors (Lipinski definition) is 1. The first-order valence-corrected chi connectivity index (χ1v) is 9.70. The topological polar surface area (TPSA) is 46.9 Å². The minimum atomic E-state index is -0.132. The van der Waals surface area contributed by atoms with Gasteiger partial charge in [0.1, 0.15) is 5.69 Å². The normalized spacial score (nSPS) is 11.8. The van der Waals surface area contributed by atoms with Crippen molar-refractivity contribution < 1.29 is 4.79 Å². The van der Waals surface area contributed by atoms with Crippen molar-refractivity contribution in [3.63, 3.8) is 0 Å². The molecule has 1 unspecified atom stereocenters. The number of carbonyl (C=O) groups is 1. The number of rotatable bonds is 6. The van der Waals surface area contributed by atoms with Crippen LogP contribution in [0, 0.1) is 0 Å². The fourth-order valence-corrected chi connectivity index (χ4v) is 3.45. The molecule has 29 heavy (non-hydrogen) atoms. The van der Waals surface area contributed by atoms with Crippen LogP contribution in [0.1, 0.15) is 27.7 Å². The van der Waals surface area contributed by atoms with Gasteiger partial charge in [-0.3, -0.25) is 9.48 Å². The average Bonchev–Trinajstić information content (AvgIpc) is 3.17. The Hall–Kier alpha value is -3.66. The Labute approximate surface area is 170 Å². The van der Waals surface area contributed by atoms with Crippen molar-refractivity contribution in [2.75, 3.05) is 0 Å². The molecule has 0 spiro atoms. The van der Waals surface area contributed by atoms with Gasteiger partial charge in [0.25, 0.3) is 5.91 Å². The van der Waals surface area contributed by atoms with Crippen LogP contribution in [0.5, 0.6) is 0 Å². The maximum atomic E-state index is 13.1. The van der Waals surface area contributed by atoms with E-state index in [0.717, 1.165) is 23.2 Å². The second kappa shape index (κ2) is 8.57. The van der Waals surface area contributed by atoms with Gasteiger partial charge in [-0.1, -0.05) is 91.0 Å². The van der Waals surface area contributed by atoms with Crippen LogP contribution in [0.3, 0.4) is 0 Å². The summed E-state index contributed by atoms with van der Waals surface area (Å²) >= 11 is 0. The first-order valence-electron chi connectivity index (χ1n) is 9.70. The molecular weight excluding hydrogens is 358 g/mol. The molecule has 4 heteroatoms. The van der Waals surface area contributed by atoms with E-state index in [4.69, 9.17) is 0 Å². The summed E-state index contributed by atoms with van der Waals surface area (Å²) in [5.41, 5.74) is 4.58. The van der Waals surface area contributed by atoms with Gasteiger partial charge in [0.05, 0.1) is 11.7 Å². The Morgan fingerprint density at radius 1 is 0.897 bits per heavy atom. The molecule has 4 rings (SSSR count). The molecule has 0 aliphatic heterocycles. The summed E-state index contributed by atoms with van der Waals surface area (Å²) in [7, 11) is 1.80. The van der Waals surface area contributed by atoms with Crippen LogP contribution in [0.2, 0.25) is 0 Å². The number of aromatic nitrogens is 2. The molecule has 0 saturated carbocycles. The van der Waals surface area contributed by atoms with E-state index in [9.17, 15) is 4.79 Å². The van der Waals surface area contributed by atoms with E-state index in [1.54, 1.807) is 11.7 Å². The maximum Gasteiger partial charge on any atom is 0.270 e. The SMILES string of the molecule is Cn1nc(-c2ccccc2)cc1C(=O)NC(Cc1ccccc1)c1ccccc1. The monoisotopic (exact) mass is 381 g/mol. The van der Waals surface area contributed by atoms with Gasteiger partial charge >= 0.3 is 0 Å². The fourth-order valence-electron chi connectivity index (χ4n) is 3.45. The summed E-state index contributed by atoms with van der Waals surface area (Å²) in [6.45, 7) is 0. The molecule has 1 aromatic heterocycles. The van der Waals surface area contributed by atoms with Gasteiger partial charge in [-0.2, -0.15) is 5.10 Å². The molecule has 1 atom stereocenters. The van der Waals surface area contributed by atoms with Crippen molar-refractivity contribution in [1.29, 1.82) is 0 Å². The zero-order valence-electron chi connectivity index (χ0n) is 16.3. The van der Waals surface area contributed by atoms with Gasteiger partial charge < -0.3 is 5.32 Å². The van der Waals surface area contributed by atoms with Crippen LogP contribution in [0.4, 0.5) is 0 Å². The Morgan fingerprint density at radius 3 is 2.14 bits per heavy atom. The van der Waals surface area contributed by atoms with E-state index in [2.05, 4.69) is 22.5 Å². The molecule has 4 aromatic rings. The predicted molar refractivity (Wildman–Crippen MR) is 115 cm³/mol. The first-order chi connectivity index (χ1) is 14.2. The van der Waals surface area contributed by atoms with E-state index in [0.29, 0.717) is 5.69 Å². The Kier molecular flexibility index (Phi) is 5.52.